The average molecular weight is 404 g/mol. The van der Waals surface area contributed by atoms with Crippen LogP contribution in [0.5, 0.6) is 11.5 Å². The molecule has 1 fully saturated rings. The van der Waals surface area contributed by atoms with Gasteiger partial charge in [0.1, 0.15) is 12.0 Å². The van der Waals surface area contributed by atoms with Crippen molar-refractivity contribution in [2.24, 2.45) is 7.05 Å². The normalized spacial score (nSPS) is 13.1. The van der Waals surface area contributed by atoms with E-state index in [1.54, 1.807) is 16.8 Å². The van der Waals surface area contributed by atoms with Gasteiger partial charge in [0.25, 0.3) is 0 Å². The Hall–Kier alpha value is -3.45. The van der Waals surface area contributed by atoms with E-state index < -0.39 is 0 Å². The lowest BCUT2D eigenvalue weighted by Crippen LogP contribution is -1.92. The van der Waals surface area contributed by atoms with Gasteiger partial charge < -0.3 is 14.6 Å². The van der Waals surface area contributed by atoms with Crippen molar-refractivity contribution in [3.8, 4) is 34.0 Å². The molecule has 1 N–H and O–H groups in total. The van der Waals surface area contributed by atoms with Gasteiger partial charge in [0, 0.05) is 49.0 Å². The summed E-state index contributed by atoms with van der Waals surface area (Å²) in [5.74, 6) is 0.433. The van der Waals surface area contributed by atoms with Crippen molar-refractivity contribution in [3.05, 3.63) is 55.0 Å². The van der Waals surface area contributed by atoms with Crippen LogP contribution in [0.3, 0.4) is 0 Å². The summed E-state index contributed by atoms with van der Waals surface area (Å²) >= 11 is 0. The minimum absolute atomic E-state index is 0.0520. The highest BCUT2D eigenvalue weighted by molar-refractivity contribution is 5.97. The summed E-state index contributed by atoms with van der Waals surface area (Å²) in [6.07, 6.45) is 5.99. The molecule has 0 aliphatic carbocycles. The number of phenols is 1. The summed E-state index contributed by atoms with van der Waals surface area (Å²) in [5.41, 5.74) is 4.13. The van der Waals surface area contributed by atoms with Gasteiger partial charge in [-0.25, -0.2) is 9.97 Å². The molecule has 1 aliphatic heterocycles. The van der Waals surface area contributed by atoms with Crippen molar-refractivity contribution >= 4 is 10.9 Å². The third-order valence-corrected chi connectivity index (χ3v) is 4.89. The van der Waals surface area contributed by atoms with Crippen LogP contribution in [0.2, 0.25) is 0 Å². The van der Waals surface area contributed by atoms with Crippen molar-refractivity contribution in [1.29, 1.82) is 0 Å². The number of methoxy groups -OCH3 is 1. The van der Waals surface area contributed by atoms with Crippen LogP contribution in [-0.2, 0) is 11.8 Å². The van der Waals surface area contributed by atoms with E-state index in [0.717, 1.165) is 41.1 Å². The Morgan fingerprint density at radius 1 is 1.03 bits per heavy atom. The lowest BCUT2D eigenvalue weighted by Gasteiger charge is -2.08. The molecule has 7 nitrogen and oxygen atoms in total. The van der Waals surface area contributed by atoms with Crippen LogP contribution in [0.25, 0.3) is 33.4 Å². The molecule has 2 aromatic carbocycles. The number of aromatic hydroxyl groups is 1. The standard InChI is InChI=1S/C19H16N4O2.C4H8O/c1-23-10-14(18(22-23)12-6-4-3-5-7-12)19-13-8-16(24)17(25-2)9-15(13)20-11-21-19;1-2-4-5-3-1/h3-11,24H,1-2H3;1-4H2. The summed E-state index contributed by atoms with van der Waals surface area (Å²) in [6, 6.07) is 13.3. The van der Waals surface area contributed by atoms with Crippen LogP contribution in [-0.4, -0.2) is 45.2 Å². The van der Waals surface area contributed by atoms with E-state index in [2.05, 4.69) is 15.1 Å². The Kier molecular flexibility index (Phi) is 5.90. The highest BCUT2D eigenvalue weighted by Crippen LogP contribution is 2.37. The molecule has 3 heterocycles. The molecule has 0 amide bonds. The fraction of sp³-hybridized carbons (Fsp3) is 0.261. The Balaban J connectivity index is 0.000000383. The molecule has 0 radical (unpaired) electrons. The van der Waals surface area contributed by atoms with Crippen molar-refractivity contribution in [2.45, 2.75) is 12.8 Å². The molecule has 7 heteroatoms. The molecular weight excluding hydrogens is 380 g/mol. The number of phenolic OH excluding ortho intramolecular Hbond substituents is 1. The molecular formula is C23H24N4O3. The first-order valence-corrected chi connectivity index (χ1v) is 9.86. The van der Waals surface area contributed by atoms with Gasteiger partial charge in [-0.1, -0.05) is 30.3 Å². The van der Waals surface area contributed by atoms with E-state index in [1.165, 1.54) is 26.3 Å². The number of hydrogen-bond donors (Lipinski definition) is 1. The molecule has 0 saturated carbocycles. The van der Waals surface area contributed by atoms with E-state index in [1.807, 2.05) is 43.6 Å². The van der Waals surface area contributed by atoms with Gasteiger partial charge in [-0.2, -0.15) is 5.10 Å². The lowest BCUT2D eigenvalue weighted by molar-refractivity contribution is 0.198. The quantitative estimate of drug-likeness (QED) is 0.551. The number of rotatable bonds is 3. The zero-order chi connectivity index (χ0) is 20.9. The maximum absolute atomic E-state index is 10.2. The van der Waals surface area contributed by atoms with E-state index in [-0.39, 0.29) is 5.75 Å². The van der Waals surface area contributed by atoms with Crippen molar-refractivity contribution < 1.29 is 14.6 Å². The third kappa shape index (κ3) is 4.11. The predicted octanol–water partition coefficient (Wildman–Crippen LogP) is 4.21. The molecule has 0 unspecified atom stereocenters. The molecule has 2 aromatic heterocycles. The van der Waals surface area contributed by atoms with Crippen molar-refractivity contribution in [1.82, 2.24) is 19.7 Å². The third-order valence-electron chi connectivity index (χ3n) is 4.89. The fourth-order valence-corrected chi connectivity index (χ4v) is 3.43. The van der Waals surface area contributed by atoms with Gasteiger partial charge >= 0.3 is 0 Å². The van der Waals surface area contributed by atoms with Crippen LogP contribution in [0.4, 0.5) is 0 Å². The van der Waals surface area contributed by atoms with Crippen LogP contribution in [0, 0.1) is 0 Å². The van der Waals surface area contributed by atoms with Gasteiger partial charge in [0.15, 0.2) is 11.5 Å². The second kappa shape index (κ2) is 8.92. The smallest absolute Gasteiger partial charge is 0.162 e. The van der Waals surface area contributed by atoms with Gasteiger partial charge in [-0.05, 0) is 18.9 Å². The van der Waals surface area contributed by atoms with Crippen LogP contribution in [0.15, 0.2) is 55.0 Å². The number of ether oxygens (including phenoxy) is 2. The summed E-state index contributed by atoms with van der Waals surface area (Å²) in [7, 11) is 3.39. The maximum atomic E-state index is 10.2. The zero-order valence-corrected chi connectivity index (χ0v) is 17.1. The summed E-state index contributed by atoms with van der Waals surface area (Å²) in [5, 5.41) is 15.5. The number of aryl methyl sites for hydroxylation is 1. The van der Waals surface area contributed by atoms with Crippen LogP contribution >= 0.6 is 0 Å². The number of benzene rings is 2. The molecule has 0 spiro atoms. The largest absolute Gasteiger partial charge is 0.504 e. The number of nitrogens with zero attached hydrogens (tertiary/aromatic N) is 4. The van der Waals surface area contributed by atoms with Crippen LogP contribution in [0.1, 0.15) is 12.8 Å². The Morgan fingerprint density at radius 3 is 2.47 bits per heavy atom. The average Bonchev–Trinajstić information content (AvgIpc) is 3.47. The van der Waals surface area contributed by atoms with E-state index >= 15 is 0 Å². The Labute approximate surface area is 174 Å². The summed E-state index contributed by atoms with van der Waals surface area (Å²) in [4.78, 5) is 8.75. The van der Waals surface area contributed by atoms with E-state index in [0.29, 0.717) is 11.3 Å². The first-order valence-electron chi connectivity index (χ1n) is 9.86. The highest BCUT2D eigenvalue weighted by atomic mass is 16.5. The Morgan fingerprint density at radius 2 is 1.80 bits per heavy atom. The molecule has 30 heavy (non-hydrogen) atoms. The maximum Gasteiger partial charge on any atom is 0.162 e. The van der Waals surface area contributed by atoms with Crippen molar-refractivity contribution in [2.75, 3.05) is 20.3 Å². The molecule has 0 atom stereocenters. The number of hydrogen-bond acceptors (Lipinski definition) is 6. The molecule has 5 rings (SSSR count). The monoisotopic (exact) mass is 404 g/mol. The first kappa shape index (κ1) is 19.8. The molecule has 1 aliphatic rings. The number of fused-ring (bicyclic) bond motifs is 1. The van der Waals surface area contributed by atoms with Crippen molar-refractivity contribution in [3.63, 3.8) is 0 Å². The van der Waals surface area contributed by atoms with Crippen LogP contribution < -0.4 is 4.74 Å². The first-order chi connectivity index (χ1) is 14.7. The van der Waals surface area contributed by atoms with Gasteiger partial charge in [-0.3, -0.25) is 4.68 Å². The van der Waals surface area contributed by atoms with E-state index in [9.17, 15) is 5.11 Å². The Bertz CT molecular complexity index is 1130. The zero-order valence-electron chi connectivity index (χ0n) is 17.1. The SMILES string of the molecule is C1CCOC1.COc1cc2ncnc(-c3cn(C)nc3-c3ccccc3)c2cc1O. The lowest BCUT2D eigenvalue weighted by atomic mass is 10.0. The minimum atomic E-state index is 0.0520. The summed E-state index contributed by atoms with van der Waals surface area (Å²) < 4.78 is 11.9. The second-order valence-electron chi connectivity index (χ2n) is 7.01. The van der Waals surface area contributed by atoms with Gasteiger partial charge in [-0.15, -0.1) is 0 Å². The number of aromatic nitrogens is 4. The highest BCUT2D eigenvalue weighted by Gasteiger charge is 2.17. The summed E-state index contributed by atoms with van der Waals surface area (Å²) in [6.45, 7) is 2.00. The van der Waals surface area contributed by atoms with Gasteiger partial charge in [0.2, 0.25) is 0 Å². The molecule has 154 valence electrons. The fourth-order valence-electron chi connectivity index (χ4n) is 3.43. The molecule has 0 bridgehead atoms. The molecule has 4 aromatic rings. The van der Waals surface area contributed by atoms with E-state index in [4.69, 9.17) is 9.47 Å². The minimum Gasteiger partial charge on any atom is -0.504 e. The topological polar surface area (TPSA) is 82.3 Å². The second-order valence-corrected chi connectivity index (χ2v) is 7.01. The predicted molar refractivity (Wildman–Crippen MR) is 115 cm³/mol. The van der Waals surface area contributed by atoms with Gasteiger partial charge in [0.05, 0.1) is 18.3 Å². The molecule has 1 saturated heterocycles.